The van der Waals surface area contributed by atoms with Crippen LogP contribution in [0.25, 0.3) is 0 Å². The first-order valence-corrected chi connectivity index (χ1v) is 5.41. The molecule has 3 heteroatoms. The molecule has 0 aliphatic rings. The lowest BCUT2D eigenvalue weighted by atomic mass is 10.2. The van der Waals surface area contributed by atoms with Crippen molar-refractivity contribution >= 4 is 5.78 Å². The SMILES string of the molecule is CCC(=O)CN(CC)C(C)CN(C)C. The number of carbonyl (C=O) groups excluding carboxylic acids is 1. The third kappa shape index (κ3) is 5.35. The third-order valence-corrected chi connectivity index (χ3v) is 2.43. The van der Waals surface area contributed by atoms with E-state index in [2.05, 4.69) is 37.7 Å². The van der Waals surface area contributed by atoms with Gasteiger partial charge < -0.3 is 4.90 Å². The minimum Gasteiger partial charge on any atom is -0.308 e. The number of likely N-dealkylation sites (N-methyl/N-ethyl adjacent to an activating group) is 2. The molecule has 0 aromatic carbocycles. The number of hydrogen-bond acceptors (Lipinski definition) is 3. The number of carbonyl (C=O) groups is 1. The molecule has 0 amide bonds. The summed E-state index contributed by atoms with van der Waals surface area (Å²) in [6.45, 7) is 8.75. The second-order valence-corrected chi connectivity index (χ2v) is 4.07. The number of ketones is 1. The summed E-state index contributed by atoms with van der Waals surface area (Å²) in [6.07, 6.45) is 0.644. The molecule has 0 rings (SSSR count). The van der Waals surface area contributed by atoms with Crippen molar-refractivity contribution in [1.82, 2.24) is 9.80 Å². The number of hydrogen-bond donors (Lipinski definition) is 0. The molecule has 1 unspecified atom stereocenters. The summed E-state index contributed by atoms with van der Waals surface area (Å²) >= 11 is 0. The van der Waals surface area contributed by atoms with Gasteiger partial charge in [0.05, 0.1) is 6.54 Å². The molecule has 14 heavy (non-hydrogen) atoms. The third-order valence-electron chi connectivity index (χ3n) is 2.43. The van der Waals surface area contributed by atoms with Crippen LogP contribution >= 0.6 is 0 Å². The summed E-state index contributed by atoms with van der Waals surface area (Å²) in [6, 6.07) is 0.450. The molecule has 0 N–H and O–H groups in total. The smallest absolute Gasteiger partial charge is 0.146 e. The van der Waals surface area contributed by atoms with Crippen molar-refractivity contribution in [1.29, 1.82) is 0 Å². The summed E-state index contributed by atoms with van der Waals surface area (Å²) in [5.74, 6) is 0.331. The summed E-state index contributed by atoms with van der Waals surface area (Å²) < 4.78 is 0. The average Bonchev–Trinajstić information content (AvgIpc) is 2.12. The summed E-state index contributed by atoms with van der Waals surface area (Å²) in [5.41, 5.74) is 0. The maximum atomic E-state index is 11.3. The van der Waals surface area contributed by atoms with Crippen LogP contribution in [-0.2, 0) is 4.79 Å². The van der Waals surface area contributed by atoms with Gasteiger partial charge in [0, 0.05) is 19.0 Å². The molecular formula is C11H24N2O. The molecule has 0 fully saturated rings. The van der Waals surface area contributed by atoms with Crippen LogP contribution in [0.2, 0.25) is 0 Å². The molecule has 84 valence electrons. The minimum absolute atomic E-state index is 0.331. The van der Waals surface area contributed by atoms with Crippen LogP contribution in [-0.4, -0.2) is 55.4 Å². The first-order chi connectivity index (χ1) is 6.51. The summed E-state index contributed by atoms with van der Waals surface area (Å²) in [4.78, 5) is 15.7. The highest BCUT2D eigenvalue weighted by Crippen LogP contribution is 2.00. The molecule has 0 aromatic rings. The van der Waals surface area contributed by atoms with Crippen molar-refractivity contribution in [3.05, 3.63) is 0 Å². The molecule has 0 bridgehead atoms. The average molecular weight is 200 g/mol. The van der Waals surface area contributed by atoms with Gasteiger partial charge in [-0.15, -0.1) is 0 Å². The minimum atomic E-state index is 0.331. The molecule has 0 heterocycles. The Hall–Kier alpha value is -0.410. The monoisotopic (exact) mass is 200 g/mol. The first kappa shape index (κ1) is 13.6. The van der Waals surface area contributed by atoms with E-state index in [4.69, 9.17) is 0 Å². The van der Waals surface area contributed by atoms with E-state index < -0.39 is 0 Å². The van der Waals surface area contributed by atoms with Gasteiger partial charge in [-0.3, -0.25) is 9.69 Å². The zero-order valence-corrected chi connectivity index (χ0v) is 10.2. The number of rotatable bonds is 7. The van der Waals surface area contributed by atoms with Crippen molar-refractivity contribution in [2.45, 2.75) is 33.2 Å². The maximum Gasteiger partial charge on any atom is 0.146 e. The number of nitrogens with zero attached hydrogens (tertiary/aromatic N) is 2. The molecule has 0 spiro atoms. The van der Waals surface area contributed by atoms with Crippen LogP contribution < -0.4 is 0 Å². The molecule has 0 aliphatic heterocycles. The molecule has 0 radical (unpaired) electrons. The normalized spacial score (nSPS) is 13.6. The van der Waals surface area contributed by atoms with Crippen molar-refractivity contribution in [3.8, 4) is 0 Å². The van der Waals surface area contributed by atoms with Crippen molar-refractivity contribution in [2.24, 2.45) is 0 Å². The second-order valence-electron chi connectivity index (χ2n) is 4.07. The second kappa shape index (κ2) is 6.96. The largest absolute Gasteiger partial charge is 0.308 e. The molecule has 0 aromatic heterocycles. The van der Waals surface area contributed by atoms with Gasteiger partial charge in [-0.1, -0.05) is 13.8 Å². The quantitative estimate of drug-likeness (QED) is 0.618. The van der Waals surface area contributed by atoms with E-state index in [1.165, 1.54) is 0 Å². The zero-order chi connectivity index (χ0) is 11.1. The van der Waals surface area contributed by atoms with E-state index in [1.54, 1.807) is 0 Å². The van der Waals surface area contributed by atoms with Crippen molar-refractivity contribution in [3.63, 3.8) is 0 Å². The molecule has 1 atom stereocenters. The number of Topliss-reactive ketones (excluding diaryl/α,β-unsaturated/α-hetero) is 1. The summed E-state index contributed by atoms with van der Waals surface area (Å²) in [5, 5.41) is 0. The highest BCUT2D eigenvalue weighted by Gasteiger charge is 2.14. The van der Waals surface area contributed by atoms with Gasteiger partial charge in [-0.25, -0.2) is 0 Å². The van der Waals surface area contributed by atoms with Crippen LogP contribution in [0, 0.1) is 0 Å². The lowest BCUT2D eigenvalue weighted by Gasteiger charge is -2.29. The lowest BCUT2D eigenvalue weighted by Crippen LogP contribution is -2.42. The van der Waals surface area contributed by atoms with Gasteiger partial charge in [-0.2, -0.15) is 0 Å². The fraction of sp³-hybridized carbons (Fsp3) is 0.909. The van der Waals surface area contributed by atoms with E-state index in [0.717, 1.165) is 13.1 Å². The van der Waals surface area contributed by atoms with Gasteiger partial charge in [0.1, 0.15) is 5.78 Å². The Morgan fingerprint density at radius 1 is 1.29 bits per heavy atom. The van der Waals surface area contributed by atoms with Gasteiger partial charge in [0.15, 0.2) is 0 Å². The Kier molecular flexibility index (Phi) is 6.75. The van der Waals surface area contributed by atoms with Crippen molar-refractivity contribution < 1.29 is 4.79 Å². The van der Waals surface area contributed by atoms with E-state index in [1.807, 2.05) is 6.92 Å². The zero-order valence-electron chi connectivity index (χ0n) is 10.2. The van der Waals surface area contributed by atoms with Gasteiger partial charge >= 0.3 is 0 Å². The Morgan fingerprint density at radius 3 is 2.21 bits per heavy atom. The van der Waals surface area contributed by atoms with E-state index in [-0.39, 0.29) is 0 Å². The van der Waals surface area contributed by atoms with Gasteiger partial charge in [0.25, 0.3) is 0 Å². The molecule has 0 aliphatic carbocycles. The Bertz CT molecular complexity index is 169. The van der Waals surface area contributed by atoms with E-state index >= 15 is 0 Å². The van der Waals surface area contributed by atoms with Crippen molar-refractivity contribution in [2.75, 3.05) is 33.7 Å². The molecule has 3 nitrogen and oxygen atoms in total. The predicted octanol–water partition coefficient (Wildman–Crippen LogP) is 1.24. The Balaban J connectivity index is 4.04. The predicted molar refractivity (Wildman–Crippen MR) is 60.6 cm³/mol. The standard InChI is InChI=1S/C11H24N2O/c1-6-11(14)9-13(7-2)10(3)8-12(4)5/h10H,6-9H2,1-5H3. The van der Waals surface area contributed by atoms with Gasteiger partial charge in [-0.05, 0) is 27.6 Å². The van der Waals surface area contributed by atoms with E-state index in [0.29, 0.717) is 24.8 Å². The van der Waals surface area contributed by atoms with Crippen LogP contribution in [0.4, 0.5) is 0 Å². The van der Waals surface area contributed by atoms with Crippen LogP contribution in [0.3, 0.4) is 0 Å². The maximum absolute atomic E-state index is 11.3. The van der Waals surface area contributed by atoms with Crippen LogP contribution in [0.5, 0.6) is 0 Å². The van der Waals surface area contributed by atoms with E-state index in [9.17, 15) is 4.79 Å². The topological polar surface area (TPSA) is 23.6 Å². The highest BCUT2D eigenvalue weighted by molar-refractivity contribution is 5.80. The van der Waals surface area contributed by atoms with Crippen LogP contribution in [0.1, 0.15) is 27.2 Å². The molecule has 0 saturated carbocycles. The fourth-order valence-corrected chi connectivity index (χ4v) is 1.56. The first-order valence-electron chi connectivity index (χ1n) is 5.41. The Morgan fingerprint density at radius 2 is 1.86 bits per heavy atom. The highest BCUT2D eigenvalue weighted by atomic mass is 16.1. The van der Waals surface area contributed by atoms with Crippen LogP contribution in [0.15, 0.2) is 0 Å². The molecular weight excluding hydrogens is 176 g/mol. The van der Waals surface area contributed by atoms with Gasteiger partial charge in [0.2, 0.25) is 0 Å². The summed E-state index contributed by atoms with van der Waals surface area (Å²) in [7, 11) is 4.12. The Labute approximate surface area is 88.1 Å². The lowest BCUT2D eigenvalue weighted by molar-refractivity contribution is -0.120. The fourth-order valence-electron chi connectivity index (χ4n) is 1.56. The molecule has 0 saturated heterocycles.